The van der Waals surface area contributed by atoms with Crippen LogP contribution in [0.5, 0.6) is 11.5 Å². The lowest BCUT2D eigenvalue weighted by atomic mass is 9.69. The first-order valence-electron chi connectivity index (χ1n) is 10.6. The van der Waals surface area contributed by atoms with Crippen molar-refractivity contribution in [2.24, 2.45) is 10.9 Å². The number of ketones is 1. The molecule has 6 nitrogen and oxygen atoms in total. The molecule has 0 saturated carbocycles. The Hall–Kier alpha value is -2.64. The number of esters is 1. The molecule has 2 heterocycles. The fraction of sp³-hybridized carbons (Fsp3) is 0.320. The third-order valence-electron chi connectivity index (χ3n) is 6.51. The van der Waals surface area contributed by atoms with E-state index in [0.717, 1.165) is 21.3 Å². The van der Waals surface area contributed by atoms with E-state index in [-0.39, 0.29) is 18.5 Å². The van der Waals surface area contributed by atoms with Gasteiger partial charge in [0.05, 0.1) is 7.11 Å². The van der Waals surface area contributed by atoms with Gasteiger partial charge in [-0.05, 0) is 54.7 Å². The predicted molar refractivity (Wildman–Crippen MR) is 127 cm³/mol. The van der Waals surface area contributed by atoms with E-state index in [1.165, 1.54) is 7.11 Å². The van der Waals surface area contributed by atoms with Gasteiger partial charge < -0.3 is 14.2 Å². The number of nitrogens with zero attached hydrogens (tertiary/aromatic N) is 1. The van der Waals surface area contributed by atoms with Crippen molar-refractivity contribution >= 4 is 45.0 Å². The normalized spacial score (nSPS) is 23.8. The molecule has 0 fully saturated rings. The Balaban J connectivity index is 1.63. The Morgan fingerprint density at radius 3 is 2.55 bits per heavy atom. The SMILES string of the molecule is COC(=O)C1C(C)=NC2=C(C(=O)C[C@H](c3ccc(Cl)cc3)C2)[C@@H]1c1cc2c(cc1Br)OCO2. The molecule has 2 aromatic rings. The molecule has 0 saturated heterocycles. The Labute approximate surface area is 204 Å². The van der Waals surface area contributed by atoms with E-state index in [0.29, 0.717) is 40.6 Å². The number of carbonyl (C=O) groups is 2. The number of fused-ring (bicyclic) bond motifs is 1. The molecule has 170 valence electrons. The lowest BCUT2D eigenvalue weighted by Crippen LogP contribution is -2.38. The van der Waals surface area contributed by atoms with Crippen molar-refractivity contribution in [1.82, 2.24) is 0 Å². The first-order valence-corrected chi connectivity index (χ1v) is 11.8. The summed E-state index contributed by atoms with van der Waals surface area (Å²) >= 11 is 9.67. The highest BCUT2D eigenvalue weighted by atomic mass is 79.9. The maximum Gasteiger partial charge on any atom is 0.315 e. The van der Waals surface area contributed by atoms with Crippen LogP contribution in [0.1, 0.15) is 42.7 Å². The predicted octanol–water partition coefficient (Wildman–Crippen LogP) is 5.58. The number of methoxy groups -OCH3 is 1. The number of hydrogen-bond acceptors (Lipinski definition) is 6. The second-order valence-electron chi connectivity index (χ2n) is 8.40. The maximum absolute atomic E-state index is 13.6. The van der Waals surface area contributed by atoms with Crippen LogP contribution in [-0.4, -0.2) is 31.4 Å². The van der Waals surface area contributed by atoms with Crippen LogP contribution in [0.4, 0.5) is 0 Å². The number of benzene rings is 2. The summed E-state index contributed by atoms with van der Waals surface area (Å²) in [7, 11) is 1.35. The molecule has 0 amide bonds. The minimum absolute atomic E-state index is 0.000544. The van der Waals surface area contributed by atoms with Crippen molar-refractivity contribution < 1.29 is 23.8 Å². The number of allylic oxidation sites excluding steroid dienone is 2. The molecule has 0 N–H and O–H groups in total. The average Bonchev–Trinajstić information content (AvgIpc) is 3.24. The molecule has 0 spiro atoms. The number of halogens is 2. The number of rotatable bonds is 3. The molecule has 0 radical (unpaired) electrons. The van der Waals surface area contributed by atoms with Gasteiger partial charge in [0.25, 0.3) is 0 Å². The van der Waals surface area contributed by atoms with E-state index in [2.05, 4.69) is 15.9 Å². The van der Waals surface area contributed by atoms with Gasteiger partial charge in [-0.1, -0.05) is 39.7 Å². The van der Waals surface area contributed by atoms with Crippen molar-refractivity contribution in [3.8, 4) is 11.5 Å². The van der Waals surface area contributed by atoms with Gasteiger partial charge in [0.1, 0.15) is 5.92 Å². The molecule has 1 aliphatic carbocycles. The molecule has 2 aliphatic heterocycles. The van der Waals surface area contributed by atoms with Gasteiger partial charge in [0.15, 0.2) is 17.3 Å². The highest BCUT2D eigenvalue weighted by molar-refractivity contribution is 9.10. The summed E-state index contributed by atoms with van der Waals surface area (Å²) in [5.74, 6) is -0.481. The molecule has 0 bridgehead atoms. The van der Waals surface area contributed by atoms with Gasteiger partial charge in [0, 0.05) is 38.8 Å². The van der Waals surface area contributed by atoms with E-state index in [1.54, 1.807) is 0 Å². The van der Waals surface area contributed by atoms with Gasteiger partial charge in [-0.3, -0.25) is 14.6 Å². The van der Waals surface area contributed by atoms with Crippen molar-refractivity contribution in [2.75, 3.05) is 13.9 Å². The van der Waals surface area contributed by atoms with Gasteiger partial charge in [0.2, 0.25) is 6.79 Å². The van der Waals surface area contributed by atoms with Crippen LogP contribution in [0.25, 0.3) is 0 Å². The topological polar surface area (TPSA) is 74.2 Å². The minimum Gasteiger partial charge on any atom is -0.468 e. The van der Waals surface area contributed by atoms with Crippen LogP contribution < -0.4 is 9.47 Å². The Morgan fingerprint density at radius 1 is 1.15 bits per heavy atom. The summed E-state index contributed by atoms with van der Waals surface area (Å²) < 4.78 is 16.9. The maximum atomic E-state index is 13.6. The number of aliphatic imine (C=N–C) groups is 1. The standard InChI is InChI=1S/C25H21BrClNO5/c1-12-22(25(30)31-2)23(16-9-20-21(10-17(16)26)33-11-32-20)24-18(28-12)7-14(8-19(24)29)13-3-5-15(27)6-4-13/h3-6,9-10,14,22-23H,7-8,11H2,1-2H3/t14-,22?,23-/m1/s1. The van der Waals surface area contributed by atoms with Crippen LogP contribution in [-0.2, 0) is 14.3 Å². The average molecular weight is 531 g/mol. The second kappa shape index (κ2) is 8.61. The summed E-state index contributed by atoms with van der Waals surface area (Å²) in [5.41, 5.74) is 3.73. The van der Waals surface area contributed by atoms with E-state index < -0.39 is 17.8 Å². The van der Waals surface area contributed by atoms with Gasteiger partial charge in [-0.2, -0.15) is 0 Å². The molecular formula is C25H21BrClNO5. The third kappa shape index (κ3) is 3.87. The van der Waals surface area contributed by atoms with Crippen molar-refractivity contribution in [3.63, 3.8) is 0 Å². The fourth-order valence-corrected chi connectivity index (χ4v) is 5.66. The zero-order valence-corrected chi connectivity index (χ0v) is 20.4. The van der Waals surface area contributed by atoms with Crippen LogP contribution >= 0.6 is 27.5 Å². The summed E-state index contributed by atoms with van der Waals surface area (Å²) in [6.07, 6.45) is 0.939. The van der Waals surface area contributed by atoms with Crippen LogP contribution in [0.15, 0.2) is 57.1 Å². The second-order valence-corrected chi connectivity index (χ2v) is 9.69. The molecule has 2 aromatic carbocycles. The first-order chi connectivity index (χ1) is 15.9. The molecule has 3 aliphatic rings. The van der Waals surface area contributed by atoms with Crippen molar-refractivity contribution in [3.05, 3.63) is 68.3 Å². The van der Waals surface area contributed by atoms with Crippen LogP contribution in [0.2, 0.25) is 5.02 Å². The smallest absolute Gasteiger partial charge is 0.315 e. The minimum atomic E-state index is -0.707. The zero-order valence-electron chi connectivity index (χ0n) is 18.1. The monoisotopic (exact) mass is 529 g/mol. The first kappa shape index (κ1) is 22.2. The summed E-state index contributed by atoms with van der Waals surface area (Å²) in [4.78, 5) is 31.2. The Morgan fingerprint density at radius 2 is 1.85 bits per heavy atom. The zero-order chi connectivity index (χ0) is 23.3. The van der Waals surface area contributed by atoms with Crippen molar-refractivity contribution in [2.45, 2.75) is 31.6 Å². The highest BCUT2D eigenvalue weighted by Gasteiger charge is 2.45. The Bertz CT molecular complexity index is 1220. The van der Waals surface area contributed by atoms with Gasteiger partial charge in [-0.25, -0.2) is 0 Å². The van der Waals surface area contributed by atoms with Gasteiger partial charge in [-0.15, -0.1) is 0 Å². The molecule has 0 aromatic heterocycles. The number of Topliss-reactive ketones (excluding diaryl/α,β-unsaturated/α-hetero) is 1. The summed E-state index contributed by atoms with van der Waals surface area (Å²) in [6.45, 7) is 1.95. The Kier molecular flexibility index (Phi) is 5.79. The van der Waals surface area contributed by atoms with E-state index in [1.807, 2.05) is 43.3 Å². The van der Waals surface area contributed by atoms with Crippen LogP contribution in [0, 0.1) is 5.92 Å². The molecule has 3 atom stereocenters. The van der Waals surface area contributed by atoms with E-state index in [9.17, 15) is 9.59 Å². The number of carbonyl (C=O) groups excluding carboxylic acids is 2. The number of ether oxygens (including phenoxy) is 3. The largest absolute Gasteiger partial charge is 0.468 e. The van der Waals surface area contributed by atoms with Crippen molar-refractivity contribution in [1.29, 1.82) is 0 Å². The van der Waals surface area contributed by atoms with Crippen LogP contribution in [0.3, 0.4) is 0 Å². The van der Waals surface area contributed by atoms with Gasteiger partial charge >= 0.3 is 5.97 Å². The molecule has 1 unspecified atom stereocenters. The summed E-state index contributed by atoms with van der Waals surface area (Å²) in [6, 6.07) is 11.2. The highest BCUT2D eigenvalue weighted by Crippen LogP contribution is 2.50. The molecular weight excluding hydrogens is 510 g/mol. The lowest BCUT2D eigenvalue weighted by molar-refractivity contribution is -0.143. The van der Waals surface area contributed by atoms with E-state index >= 15 is 0 Å². The molecule has 33 heavy (non-hydrogen) atoms. The molecule has 8 heteroatoms. The number of hydrogen-bond donors (Lipinski definition) is 0. The summed E-state index contributed by atoms with van der Waals surface area (Å²) in [5, 5.41) is 0.654. The molecule has 5 rings (SSSR count). The lowest BCUT2D eigenvalue weighted by Gasteiger charge is -2.36. The fourth-order valence-electron chi connectivity index (χ4n) is 4.97. The quantitative estimate of drug-likeness (QED) is 0.485. The third-order valence-corrected chi connectivity index (χ3v) is 7.45. The van der Waals surface area contributed by atoms with E-state index in [4.69, 9.17) is 30.8 Å².